The molecule has 0 amide bonds. The van der Waals surface area contributed by atoms with Crippen LogP contribution < -0.4 is 5.32 Å². The highest BCUT2D eigenvalue weighted by Crippen LogP contribution is 2.44. The van der Waals surface area contributed by atoms with Crippen molar-refractivity contribution in [3.8, 4) is 0 Å². The quantitative estimate of drug-likeness (QED) is 0.381. The van der Waals surface area contributed by atoms with E-state index in [0.29, 0.717) is 11.8 Å². The summed E-state index contributed by atoms with van der Waals surface area (Å²) in [5.74, 6) is 3.63. The zero-order chi connectivity index (χ0) is 25.9. The van der Waals surface area contributed by atoms with Crippen molar-refractivity contribution >= 4 is 0 Å². The van der Waals surface area contributed by atoms with Crippen molar-refractivity contribution in [2.45, 2.75) is 97.3 Å². The molecule has 0 bridgehead atoms. The Morgan fingerprint density at radius 1 is 0.868 bits per heavy atom. The van der Waals surface area contributed by atoms with Crippen molar-refractivity contribution in [2.75, 3.05) is 26.2 Å². The molecule has 6 aliphatic rings. The van der Waals surface area contributed by atoms with Gasteiger partial charge in [-0.15, -0.1) is 0 Å². The molecule has 0 aromatic rings. The van der Waals surface area contributed by atoms with Gasteiger partial charge in [-0.2, -0.15) is 0 Å². The summed E-state index contributed by atoms with van der Waals surface area (Å²) in [7, 11) is 0. The predicted octanol–water partition coefficient (Wildman–Crippen LogP) is 8.67. The molecule has 4 aliphatic carbocycles. The highest BCUT2D eigenvalue weighted by molar-refractivity contribution is 5.44. The van der Waals surface area contributed by atoms with Gasteiger partial charge in [0, 0.05) is 18.8 Å². The zero-order valence-corrected chi connectivity index (χ0v) is 24.3. The second-order valence-electron chi connectivity index (χ2n) is 13.4. The molecule has 0 aromatic heterocycles. The van der Waals surface area contributed by atoms with Crippen LogP contribution in [-0.4, -0.2) is 31.1 Å². The summed E-state index contributed by atoms with van der Waals surface area (Å²) in [6.07, 6.45) is 32.5. The lowest BCUT2D eigenvalue weighted by molar-refractivity contribution is 0.246. The van der Waals surface area contributed by atoms with Crippen LogP contribution in [0.3, 0.4) is 0 Å². The highest BCUT2D eigenvalue weighted by atomic mass is 15.1. The molecule has 2 heteroatoms. The summed E-state index contributed by atoms with van der Waals surface area (Å²) in [6.45, 7) is 9.74. The molecule has 206 valence electrons. The molecule has 6 rings (SSSR count). The third kappa shape index (κ3) is 5.58. The number of fused-ring (bicyclic) bond motifs is 2. The van der Waals surface area contributed by atoms with Crippen LogP contribution in [0.2, 0.25) is 0 Å². The van der Waals surface area contributed by atoms with E-state index in [1.54, 1.807) is 28.0 Å². The molecule has 2 nitrogen and oxygen atoms in total. The van der Waals surface area contributed by atoms with Gasteiger partial charge in [0.05, 0.1) is 0 Å². The van der Waals surface area contributed by atoms with Gasteiger partial charge >= 0.3 is 0 Å². The summed E-state index contributed by atoms with van der Waals surface area (Å²) in [6, 6.07) is 0. The Kier molecular flexibility index (Phi) is 8.45. The fraction of sp³-hybridized carbons (Fsp3) is 0.667. The lowest BCUT2D eigenvalue weighted by atomic mass is 9.71. The number of hydrogen-bond acceptors (Lipinski definition) is 2. The number of hydrogen-bond donors (Lipinski definition) is 1. The van der Waals surface area contributed by atoms with Crippen LogP contribution in [0.15, 0.2) is 70.0 Å². The summed E-state index contributed by atoms with van der Waals surface area (Å²) >= 11 is 0. The molecule has 0 spiro atoms. The molecular weight excluding hydrogens is 460 g/mol. The van der Waals surface area contributed by atoms with Gasteiger partial charge in [0.15, 0.2) is 0 Å². The number of nitrogens with one attached hydrogen (secondary N) is 1. The van der Waals surface area contributed by atoms with Gasteiger partial charge in [-0.25, -0.2) is 0 Å². The summed E-state index contributed by atoms with van der Waals surface area (Å²) in [5, 5.41) is 3.71. The molecule has 1 saturated heterocycles. The molecule has 1 N–H and O–H groups in total. The van der Waals surface area contributed by atoms with Crippen molar-refractivity contribution < 1.29 is 0 Å². The summed E-state index contributed by atoms with van der Waals surface area (Å²) < 4.78 is 0. The third-order valence-corrected chi connectivity index (χ3v) is 11.1. The van der Waals surface area contributed by atoms with Crippen LogP contribution >= 0.6 is 0 Å². The minimum atomic E-state index is 0.667. The molecule has 0 radical (unpaired) electrons. The molecule has 2 fully saturated rings. The topological polar surface area (TPSA) is 15.3 Å². The minimum Gasteiger partial charge on any atom is -0.367 e. The van der Waals surface area contributed by atoms with E-state index >= 15 is 0 Å². The predicted molar refractivity (Wildman–Crippen MR) is 162 cm³/mol. The number of allylic oxidation sites excluding steroid dienone is 9. The maximum absolute atomic E-state index is 3.71. The van der Waals surface area contributed by atoms with E-state index < -0.39 is 0 Å². The van der Waals surface area contributed by atoms with E-state index in [9.17, 15) is 0 Å². The Morgan fingerprint density at radius 3 is 2.63 bits per heavy atom. The van der Waals surface area contributed by atoms with Crippen LogP contribution in [0, 0.1) is 29.6 Å². The van der Waals surface area contributed by atoms with Gasteiger partial charge in [0.2, 0.25) is 0 Å². The van der Waals surface area contributed by atoms with Crippen LogP contribution in [0.5, 0.6) is 0 Å². The lowest BCUT2D eigenvalue weighted by Crippen LogP contribution is -2.36. The average Bonchev–Trinajstić information content (AvgIpc) is 3.51. The largest absolute Gasteiger partial charge is 0.367 e. The van der Waals surface area contributed by atoms with Gasteiger partial charge in [-0.3, -0.25) is 0 Å². The maximum Gasteiger partial charge on any atom is 0.0431 e. The van der Waals surface area contributed by atoms with Crippen LogP contribution in [0.25, 0.3) is 0 Å². The Hall–Kier alpha value is -1.80. The van der Waals surface area contributed by atoms with E-state index in [4.69, 9.17) is 0 Å². The van der Waals surface area contributed by atoms with E-state index in [2.05, 4.69) is 60.5 Å². The van der Waals surface area contributed by atoms with Crippen molar-refractivity contribution in [3.05, 3.63) is 70.0 Å². The first kappa shape index (κ1) is 26.4. The first-order valence-corrected chi connectivity index (χ1v) is 16.3. The van der Waals surface area contributed by atoms with E-state index in [0.717, 1.165) is 24.3 Å². The van der Waals surface area contributed by atoms with Crippen molar-refractivity contribution in [1.82, 2.24) is 10.2 Å². The van der Waals surface area contributed by atoms with Crippen molar-refractivity contribution in [1.29, 1.82) is 0 Å². The normalized spacial score (nSPS) is 38.2. The Morgan fingerprint density at radius 2 is 1.79 bits per heavy atom. The van der Waals surface area contributed by atoms with Gasteiger partial charge in [-0.1, -0.05) is 54.9 Å². The molecule has 0 aromatic carbocycles. The second kappa shape index (κ2) is 12.2. The first-order valence-electron chi connectivity index (χ1n) is 16.3. The Balaban J connectivity index is 1.48. The lowest BCUT2D eigenvalue weighted by Gasteiger charge is -2.39. The fourth-order valence-electron chi connectivity index (χ4n) is 8.61. The van der Waals surface area contributed by atoms with Crippen molar-refractivity contribution in [2.24, 2.45) is 29.6 Å². The average molecular weight is 513 g/mol. The molecule has 1 saturated carbocycles. The summed E-state index contributed by atoms with van der Waals surface area (Å²) in [5.41, 5.74) is 10.2. The van der Waals surface area contributed by atoms with E-state index in [1.807, 2.05) is 5.57 Å². The van der Waals surface area contributed by atoms with Gasteiger partial charge in [-0.05, 0) is 149 Å². The Labute approximate surface area is 233 Å². The molecular formula is C36H52N2. The molecule has 2 heterocycles. The second-order valence-corrected chi connectivity index (χ2v) is 13.4. The highest BCUT2D eigenvalue weighted by Gasteiger charge is 2.34. The third-order valence-electron chi connectivity index (χ3n) is 11.1. The molecule has 2 aliphatic heterocycles. The molecule has 5 unspecified atom stereocenters. The molecule has 38 heavy (non-hydrogen) atoms. The zero-order valence-electron chi connectivity index (χ0n) is 24.3. The maximum atomic E-state index is 3.71. The Bertz CT molecular complexity index is 1040. The van der Waals surface area contributed by atoms with E-state index in [1.165, 1.54) is 103 Å². The van der Waals surface area contributed by atoms with E-state index in [-0.39, 0.29) is 0 Å². The fourth-order valence-corrected chi connectivity index (χ4v) is 8.61. The standard InChI is InChI=1S/C36H52N2/c1-26-19-20-31(30-21-22-37-23-30)24-38(36-18-10-14-28-13-6-7-16-33(28)36)25-35(29-11-4-3-5-12-29)34-17-9-8-15-32(34)27(26)2/h7,10-11,16,18-19,27-28,30-32,37H,3-6,8-9,12-15,17,20-25H2,1-2H3/b26-19+,35-34+. The monoisotopic (exact) mass is 512 g/mol. The van der Waals surface area contributed by atoms with Gasteiger partial charge in [0.25, 0.3) is 0 Å². The van der Waals surface area contributed by atoms with Gasteiger partial charge < -0.3 is 10.2 Å². The minimum absolute atomic E-state index is 0.667. The first-order chi connectivity index (χ1) is 18.7. The van der Waals surface area contributed by atoms with Crippen LogP contribution in [0.4, 0.5) is 0 Å². The van der Waals surface area contributed by atoms with Crippen molar-refractivity contribution in [3.63, 3.8) is 0 Å². The number of rotatable bonds is 3. The summed E-state index contributed by atoms with van der Waals surface area (Å²) in [4.78, 5) is 2.90. The SMILES string of the molecule is C/C1=C\CC(C2CCNC2)CN(C2=C3C=CCCC3CC=C2)C/C(C2=CCCCC2)=C2/CCCCC2C1C. The van der Waals surface area contributed by atoms with Crippen LogP contribution in [0.1, 0.15) is 97.3 Å². The van der Waals surface area contributed by atoms with Crippen LogP contribution in [-0.2, 0) is 0 Å². The number of nitrogens with zero attached hydrogens (tertiary/aromatic N) is 1. The molecule has 5 atom stereocenters. The van der Waals surface area contributed by atoms with Gasteiger partial charge in [0.1, 0.15) is 0 Å². The smallest absolute Gasteiger partial charge is 0.0431 e.